The van der Waals surface area contributed by atoms with Gasteiger partial charge in [0.2, 0.25) is 0 Å². The van der Waals surface area contributed by atoms with Crippen LogP contribution in [0.1, 0.15) is 38.5 Å². The molecule has 0 aromatic heterocycles. The van der Waals surface area contributed by atoms with E-state index in [1.54, 1.807) is 12.1 Å². The monoisotopic (exact) mass is 306 g/mol. The summed E-state index contributed by atoms with van der Waals surface area (Å²) in [6, 6.07) is 6.71. The van der Waals surface area contributed by atoms with Crippen LogP contribution in [0.2, 0.25) is 0 Å². The number of piperidine rings is 1. The average molecular weight is 306 g/mol. The van der Waals surface area contributed by atoms with Crippen LogP contribution in [0, 0.1) is 5.82 Å². The predicted octanol–water partition coefficient (Wildman–Crippen LogP) is 2.22. The fraction of sp³-hybridized carbons (Fsp3) is 0.588. The molecule has 1 aliphatic heterocycles. The zero-order valence-electron chi connectivity index (χ0n) is 12.7. The van der Waals surface area contributed by atoms with Crippen molar-refractivity contribution in [1.82, 2.24) is 5.32 Å². The lowest BCUT2D eigenvalue weighted by Gasteiger charge is -2.35. The second-order valence-corrected chi connectivity index (χ2v) is 6.45. The van der Waals surface area contributed by atoms with Crippen molar-refractivity contribution in [3.8, 4) is 0 Å². The second kappa shape index (κ2) is 6.24. The van der Waals surface area contributed by atoms with E-state index in [0.29, 0.717) is 12.8 Å². The highest BCUT2D eigenvalue weighted by Gasteiger charge is 2.39. The van der Waals surface area contributed by atoms with Gasteiger partial charge in [-0.2, -0.15) is 0 Å². The van der Waals surface area contributed by atoms with Gasteiger partial charge in [0.25, 0.3) is 5.91 Å². The van der Waals surface area contributed by atoms with Crippen LogP contribution in [0.5, 0.6) is 0 Å². The number of aliphatic hydroxyl groups is 1. The van der Waals surface area contributed by atoms with E-state index in [9.17, 15) is 14.3 Å². The number of benzene rings is 1. The molecule has 1 heterocycles. The van der Waals surface area contributed by atoms with Gasteiger partial charge < -0.3 is 15.3 Å². The first-order valence-corrected chi connectivity index (χ1v) is 8.11. The molecule has 0 unspecified atom stereocenters. The second-order valence-electron chi connectivity index (χ2n) is 6.45. The highest BCUT2D eigenvalue weighted by Crippen LogP contribution is 2.30. The number of anilines is 1. The molecule has 4 nitrogen and oxygen atoms in total. The summed E-state index contributed by atoms with van der Waals surface area (Å²) >= 11 is 0. The van der Waals surface area contributed by atoms with E-state index < -0.39 is 5.60 Å². The van der Waals surface area contributed by atoms with Gasteiger partial charge in [-0.1, -0.05) is 6.07 Å². The summed E-state index contributed by atoms with van der Waals surface area (Å²) in [6.07, 6.45) is 4.61. The van der Waals surface area contributed by atoms with E-state index in [2.05, 4.69) is 10.2 Å². The highest BCUT2D eigenvalue weighted by molar-refractivity contribution is 5.85. The standard InChI is InChI=1S/C17H23FN2O2/c18-13-4-3-5-15(12-13)20-10-6-14(7-11-20)19-16(21)17(22)8-1-2-9-17/h3-5,12,14,22H,1-2,6-11H2,(H,19,21). The predicted molar refractivity (Wildman–Crippen MR) is 83.2 cm³/mol. The van der Waals surface area contributed by atoms with E-state index in [1.165, 1.54) is 6.07 Å². The van der Waals surface area contributed by atoms with Gasteiger partial charge >= 0.3 is 0 Å². The lowest BCUT2D eigenvalue weighted by atomic mass is 9.98. The summed E-state index contributed by atoms with van der Waals surface area (Å²) in [5.74, 6) is -0.439. The average Bonchev–Trinajstić information content (AvgIpc) is 2.96. The Hall–Kier alpha value is -1.62. The molecule has 0 bridgehead atoms. The summed E-state index contributed by atoms with van der Waals surface area (Å²) in [6.45, 7) is 1.57. The molecule has 1 saturated carbocycles. The van der Waals surface area contributed by atoms with Crippen LogP contribution in [0.3, 0.4) is 0 Å². The highest BCUT2D eigenvalue weighted by atomic mass is 19.1. The number of nitrogens with zero attached hydrogens (tertiary/aromatic N) is 1. The Bertz CT molecular complexity index is 535. The maximum absolute atomic E-state index is 13.3. The first-order chi connectivity index (χ1) is 10.6. The molecule has 120 valence electrons. The molecule has 1 aromatic carbocycles. The zero-order chi connectivity index (χ0) is 15.6. The normalized spacial score (nSPS) is 21.8. The van der Waals surface area contributed by atoms with Gasteiger partial charge in [0.1, 0.15) is 11.4 Å². The number of carbonyl (C=O) groups is 1. The first kappa shape index (κ1) is 15.3. The van der Waals surface area contributed by atoms with Crippen molar-refractivity contribution in [2.75, 3.05) is 18.0 Å². The van der Waals surface area contributed by atoms with Crippen LogP contribution >= 0.6 is 0 Å². The fourth-order valence-electron chi connectivity index (χ4n) is 3.46. The maximum atomic E-state index is 13.3. The van der Waals surface area contributed by atoms with Gasteiger partial charge in [0.15, 0.2) is 0 Å². The van der Waals surface area contributed by atoms with Crippen molar-refractivity contribution >= 4 is 11.6 Å². The molecule has 1 aromatic rings. The summed E-state index contributed by atoms with van der Waals surface area (Å²) in [5, 5.41) is 13.3. The molecule has 5 heteroatoms. The number of hydrogen-bond donors (Lipinski definition) is 2. The van der Waals surface area contributed by atoms with Crippen molar-refractivity contribution in [3.63, 3.8) is 0 Å². The topological polar surface area (TPSA) is 52.6 Å². The SMILES string of the molecule is O=C(NC1CCN(c2cccc(F)c2)CC1)C1(O)CCCC1. The third kappa shape index (κ3) is 3.24. The fourth-order valence-corrected chi connectivity index (χ4v) is 3.46. The summed E-state index contributed by atoms with van der Waals surface area (Å²) in [4.78, 5) is 14.3. The minimum absolute atomic E-state index is 0.0990. The summed E-state index contributed by atoms with van der Waals surface area (Å²) in [7, 11) is 0. The van der Waals surface area contributed by atoms with Crippen LogP contribution in [0.25, 0.3) is 0 Å². The largest absolute Gasteiger partial charge is 0.380 e. The van der Waals surface area contributed by atoms with Crippen molar-refractivity contribution in [2.45, 2.75) is 50.2 Å². The molecule has 1 saturated heterocycles. The number of nitrogens with one attached hydrogen (secondary N) is 1. The number of carbonyl (C=O) groups excluding carboxylic acids is 1. The first-order valence-electron chi connectivity index (χ1n) is 8.11. The molecule has 22 heavy (non-hydrogen) atoms. The third-order valence-electron chi connectivity index (χ3n) is 4.86. The van der Waals surface area contributed by atoms with E-state index in [4.69, 9.17) is 0 Å². The van der Waals surface area contributed by atoms with Gasteiger partial charge in [-0.25, -0.2) is 4.39 Å². The molecule has 2 N–H and O–H groups in total. The van der Waals surface area contributed by atoms with Crippen LogP contribution in [-0.2, 0) is 4.79 Å². The van der Waals surface area contributed by atoms with Crippen LogP contribution in [0.4, 0.5) is 10.1 Å². The number of amides is 1. The van der Waals surface area contributed by atoms with Crippen LogP contribution in [-0.4, -0.2) is 35.7 Å². The Labute approximate surface area is 130 Å². The lowest BCUT2D eigenvalue weighted by molar-refractivity contribution is -0.140. The summed E-state index contributed by atoms with van der Waals surface area (Å²) < 4.78 is 13.3. The Morgan fingerprint density at radius 2 is 1.95 bits per heavy atom. The molecule has 1 aliphatic carbocycles. The maximum Gasteiger partial charge on any atom is 0.252 e. The number of hydrogen-bond acceptors (Lipinski definition) is 3. The van der Waals surface area contributed by atoms with Crippen LogP contribution in [0.15, 0.2) is 24.3 Å². The van der Waals surface area contributed by atoms with E-state index in [0.717, 1.165) is 44.5 Å². The quantitative estimate of drug-likeness (QED) is 0.900. The zero-order valence-corrected chi connectivity index (χ0v) is 12.7. The molecule has 0 radical (unpaired) electrons. The number of halogens is 1. The van der Waals surface area contributed by atoms with Crippen molar-refractivity contribution < 1.29 is 14.3 Å². The molecule has 2 fully saturated rings. The van der Waals surface area contributed by atoms with Gasteiger partial charge in [-0.3, -0.25) is 4.79 Å². The van der Waals surface area contributed by atoms with Crippen molar-refractivity contribution in [1.29, 1.82) is 0 Å². The Morgan fingerprint density at radius 3 is 2.59 bits per heavy atom. The minimum Gasteiger partial charge on any atom is -0.380 e. The van der Waals surface area contributed by atoms with Crippen LogP contribution < -0.4 is 10.2 Å². The Morgan fingerprint density at radius 1 is 1.27 bits per heavy atom. The van der Waals surface area contributed by atoms with E-state index in [1.807, 2.05) is 6.07 Å². The van der Waals surface area contributed by atoms with Crippen molar-refractivity contribution in [3.05, 3.63) is 30.1 Å². The molecule has 0 spiro atoms. The Balaban J connectivity index is 1.52. The van der Waals surface area contributed by atoms with Gasteiger partial charge in [0.05, 0.1) is 0 Å². The molecule has 0 atom stereocenters. The van der Waals surface area contributed by atoms with Gasteiger partial charge in [0, 0.05) is 24.8 Å². The van der Waals surface area contributed by atoms with Gasteiger partial charge in [-0.05, 0) is 56.7 Å². The molecule has 2 aliphatic rings. The number of rotatable bonds is 3. The molecule has 3 rings (SSSR count). The molecular weight excluding hydrogens is 283 g/mol. The Kier molecular flexibility index (Phi) is 4.34. The lowest BCUT2D eigenvalue weighted by Crippen LogP contribution is -2.51. The van der Waals surface area contributed by atoms with E-state index >= 15 is 0 Å². The molecular formula is C17H23FN2O2. The van der Waals surface area contributed by atoms with Crippen molar-refractivity contribution in [2.24, 2.45) is 0 Å². The molecule has 1 amide bonds. The summed E-state index contributed by atoms with van der Waals surface area (Å²) in [5.41, 5.74) is -0.265. The third-order valence-corrected chi connectivity index (χ3v) is 4.86. The van der Waals surface area contributed by atoms with E-state index in [-0.39, 0.29) is 17.8 Å². The smallest absolute Gasteiger partial charge is 0.252 e. The minimum atomic E-state index is -1.15. The van der Waals surface area contributed by atoms with Gasteiger partial charge in [-0.15, -0.1) is 0 Å².